The molecule has 0 unspecified atom stereocenters. The first-order valence-corrected chi connectivity index (χ1v) is 6.48. The third-order valence-electron chi connectivity index (χ3n) is 1.82. The van der Waals surface area contributed by atoms with Crippen LogP contribution in [0.5, 0.6) is 0 Å². The molecule has 1 aromatic rings. The van der Waals surface area contributed by atoms with Crippen molar-refractivity contribution in [2.24, 2.45) is 0 Å². The third kappa shape index (κ3) is 3.71. The van der Waals surface area contributed by atoms with E-state index in [4.69, 9.17) is 0 Å². The average Bonchev–Trinajstić information content (AvgIpc) is 2.19. The van der Waals surface area contributed by atoms with E-state index in [0.29, 0.717) is 0 Å². The van der Waals surface area contributed by atoms with Crippen LogP contribution in [0, 0.1) is 0 Å². The molecule has 0 aliphatic heterocycles. The van der Waals surface area contributed by atoms with Gasteiger partial charge in [0.1, 0.15) is 0 Å². The predicted molar refractivity (Wildman–Crippen MR) is 63.5 cm³/mol. The van der Waals surface area contributed by atoms with Gasteiger partial charge in [-0.05, 0) is 31.0 Å². The third-order valence-corrected chi connectivity index (χ3v) is 3.42. The summed E-state index contributed by atoms with van der Waals surface area (Å²) in [5.74, 6) is 0. The van der Waals surface area contributed by atoms with Gasteiger partial charge in [0.2, 0.25) is 0 Å². The molecule has 0 fully saturated rings. The summed E-state index contributed by atoms with van der Waals surface area (Å²) in [4.78, 5) is 3.54. The normalized spacial score (nSPS) is 10.8. The Morgan fingerprint density at radius 3 is 2.38 bits per heavy atom. The molecule has 13 heavy (non-hydrogen) atoms. The molecule has 0 heterocycles. The Kier molecular flexibility index (Phi) is 4.84. The Hall–Kier alpha value is 0.01000. The van der Waals surface area contributed by atoms with E-state index in [1.807, 2.05) is 0 Å². The lowest BCUT2D eigenvalue weighted by Crippen LogP contribution is -2.14. The number of thioether (sulfide) groups is 1. The fourth-order valence-electron chi connectivity index (χ4n) is 1.08. The first kappa shape index (κ1) is 11.1. The van der Waals surface area contributed by atoms with Gasteiger partial charge in [-0.1, -0.05) is 28.1 Å². The molecular weight excluding hydrogens is 246 g/mol. The number of rotatable bonds is 4. The number of benzene rings is 1. The maximum absolute atomic E-state index is 3.42. The highest BCUT2D eigenvalue weighted by molar-refractivity contribution is 9.09. The van der Waals surface area contributed by atoms with Crippen LogP contribution in [0.25, 0.3) is 0 Å². The zero-order valence-corrected chi connectivity index (χ0v) is 10.4. The van der Waals surface area contributed by atoms with E-state index in [1.165, 1.54) is 10.5 Å². The lowest BCUT2D eigenvalue weighted by atomic mass is 10.2. The van der Waals surface area contributed by atoms with Gasteiger partial charge >= 0.3 is 0 Å². The van der Waals surface area contributed by atoms with Crippen LogP contribution >= 0.6 is 27.7 Å². The molecular formula is C10H14BrNS. The summed E-state index contributed by atoms with van der Waals surface area (Å²) in [6, 6.07) is 8.71. The molecule has 0 aliphatic carbocycles. The average molecular weight is 260 g/mol. The van der Waals surface area contributed by atoms with Crippen molar-refractivity contribution in [1.29, 1.82) is 0 Å². The van der Waals surface area contributed by atoms with Crippen molar-refractivity contribution in [3.8, 4) is 0 Å². The summed E-state index contributed by atoms with van der Waals surface area (Å²) in [6.07, 6.45) is 2.10. The van der Waals surface area contributed by atoms with Gasteiger partial charge in [-0.2, -0.15) is 0 Å². The minimum absolute atomic E-state index is 0.914. The lowest BCUT2D eigenvalue weighted by Gasteiger charge is -2.12. The summed E-state index contributed by atoms with van der Waals surface area (Å²) < 4.78 is 0. The first-order chi connectivity index (χ1) is 6.26. The van der Waals surface area contributed by atoms with Crippen LogP contribution in [0.2, 0.25) is 0 Å². The van der Waals surface area contributed by atoms with E-state index in [-0.39, 0.29) is 0 Å². The van der Waals surface area contributed by atoms with Crippen molar-refractivity contribution in [3.05, 3.63) is 29.8 Å². The Labute approximate surface area is 92.6 Å². The Balaban J connectivity index is 2.58. The van der Waals surface area contributed by atoms with Crippen LogP contribution in [0.3, 0.4) is 0 Å². The predicted octanol–water partition coefficient (Wildman–Crippen LogP) is 3.19. The first-order valence-electron chi connectivity index (χ1n) is 4.13. The summed E-state index contributed by atoms with van der Waals surface area (Å²) in [6.45, 7) is 1.000. The molecule has 0 bridgehead atoms. The number of alkyl halides is 1. The van der Waals surface area contributed by atoms with E-state index < -0.39 is 0 Å². The van der Waals surface area contributed by atoms with Gasteiger partial charge in [-0.15, -0.1) is 11.8 Å². The molecule has 0 saturated carbocycles. The van der Waals surface area contributed by atoms with E-state index >= 15 is 0 Å². The smallest absolute Gasteiger partial charge is 0.0542 e. The summed E-state index contributed by atoms with van der Waals surface area (Å²) in [7, 11) is 2.09. The summed E-state index contributed by atoms with van der Waals surface area (Å²) in [5, 5.41) is 0. The second-order valence-electron chi connectivity index (χ2n) is 2.98. The van der Waals surface area contributed by atoms with Crippen LogP contribution in [0.1, 0.15) is 5.56 Å². The fourth-order valence-corrected chi connectivity index (χ4v) is 1.67. The van der Waals surface area contributed by atoms with E-state index in [9.17, 15) is 0 Å². The highest BCUT2D eigenvalue weighted by atomic mass is 79.9. The second kappa shape index (κ2) is 5.68. The van der Waals surface area contributed by atoms with Gasteiger partial charge in [-0.3, -0.25) is 4.90 Å². The van der Waals surface area contributed by atoms with Gasteiger partial charge in [0, 0.05) is 11.4 Å². The Morgan fingerprint density at radius 2 is 1.92 bits per heavy atom. The van der Waals surface area contributed by atoms with E-state index in [1.54, 1.807) is 11.8 Å². The van der Waals surface area contributed by atoms with Crippen molar-refractivity contribution in [3.63, 3.8) is 0 Å². The van der Waals surface area contributed by atoms with Gasteiger partial charge < -0.3 is 0 Å². The minimum Gasteiger partial charge on any atom is -0.292 e. The summed E-state index contributed by atoms with van der Waals surface area (Å²) in [5.41, 5.74) is 2.27. The topological polar surface area (TPSA) is 3.24 Å². The van der Waals surface area contributed by atoms with Gasteiger partial charge in [0.05, 0.1) is 5.45 Å². The van der Waals surface area contributed by atoms with E-state index in [0.717, 1.165) is 12.0 Å². The van der Waals surface area contributed by atoms with Crippen LogP contribution in [-0.2, 0) is 6.54 Å². The molecule has 0 aliphatic rings. The van der Waals surface area contributed by atoms with Crippen molar-refractivity contribution >= 4 is 27.7 Å². The second-order valence-corrected chi connectivity index (χ2v) is 4.36. The van der Waals surface area contributed by atoms with Crippen LogP contribution in [-0.4, -0.2) is 23.7 Å². The standard InChI is InChI=1S/C10H14BrNS/c1-12(8-11)7-9-3-5-10(13-2)6-4-9/h3-6H,7-8H2,1-2H3. The lowest BCUT2D eigenvalue weighted by molar-refractivity contribution is 0.390. The molecule has 3 heteroatoms. The van der Waals surface area contributed by atoms with Crippen molar-refractivity contribution in [2.45, 2.75) is 11.4 Å². The number of hydrogen-bond acceptors (Lipinski definition) is 2. The molecule has 0 radical (unpaired) electrons. The molecule has 0 spiro atoms. The van der Waals surface area contributed by atoms with Crippen molar-refractivity contribution in [2.75, 3.05) is 18.8 Å². The highest BCUT2D eigenvalue weighted by Crippen LogP contribution is 2.15. The molecule has 1 nitrogen and oxygen atoms in total. The minimum atomic E-state index is 0.914. The zero-order chi connectivity index (χ0) is 9.68. The maximum atomic E-state index is 3.42. The molecule has 0 saturated heterocycles. The van der Waals surface area contributed by atoms with Crippen LogP contribution in [0.15, 0.2) is 29.2 Å². The monoisotopic (exact) mass is 259 g/mol. The molecule has 1 aromatic carbocycles. The molecule has 0 amide bonds. The van der Waals surface area contributed by atoms with Crippen LogP contribution in [0.4, 0.5) is 0 Å². The number of halogens is 1. The molecule has 0 atom stereocenters. The Morgan fingerprint density at radius 1 is 1.31 bits per heavy atom. The largest absolute Gasteiger partial charge is 0.292 e. The van der Waals surface area contributed by atoms with Crippen LogP contribution < -0.4 is 0 Å². The number of nitrogens with zero attached hydrogens (tertiary/aromatic N) is 1. The van der Waals surface area contributed by atoms with Crippen molar-refractivity contribution < 1.29 is 0 Å². The molecule has 1 rings (SSSR count). The molecule has 0 aromatic heterocycles. The van der Waals surface area contributed by atoms with Gasteiger partial charge in [0.15, 0.2) is 0 Å². The fraction of sp³-hybridized carbons (Fsp3) is 0.400. The van der Waals surface area contributed by atoms with Crippen molar-refractivity contribution in [1.82, 2.24) is 4.90 Å². The number of hydrogen-bond donors (Lipinski definition) is 0. The zero-order valence-electron chi connectivity index (χ0n) is 7.96. The highest BCUT2D eigenvalue weighted by Gasteiger charge is 1.97. The van der Waals surface area contributed by atoms with E-state index in [2.05, 4.69) is 58.4 Å². The van der Waals surface area contributed by atoms with Gasteiger partial charge in [-0.25, -0.2) is 0 Å². The van der Waals surface area contributed by atoms with Gasteiger partial charge in [0.25, 0.3) is 0 Å². The maximum Gasteiger partial charge on any atom is 0.0542 e. The SMILES string of the molecule is CSc1ccc(CN(C)CBr)cc1. The molecule has 72 valence electrons. The summed E-state index contributed by atoms with van der Waals surface area (Å²) >= 11 is 5.20. The Bertz CT molecular complexity index is 248. The quantitative estimate of drug-likeness (QED) is 0.464. The molecule has 0 N–H and O–H groups in total.